The Morgan fingerprint density at radius 3 is 2.72 bits per heavy atom. The first kappa shape index (κ1) is 16.1. The number of fused-ring (bicyclic) bond motifs is 1. The van der Waals surface area contributed by atoms with Crippen LogP contribution in [0.4, 0.5) is 0 Å². The maximum atomic E-state index is 5.98. The van der Waals surface area contributed by atoms with Gasteiger partial charge in [-0.1, -0.05) is 35.9 Å². The lowest BCUT2D eigenvalue weighted by Gasteiger charge is -2.09. The molecule has 4 nitrogen and oxygen atoms in total. The summed E-state index contributed by atoms with van der Waals surface area (Å²) >= 11 is 5.98. The summed E-state index contributed by atoms with van der Waals surface area (Å²) in [5.41, 5.74) is 5.37. The molecule has 0 saturated carbocycles. The molecule has 0 spiro atoms. The second-order valence-corrected chi connectivity index (χ2v) is 6.42. The van der Waals surface area contributed by atoms with Gasteiger partial charge in [0.25, 0.3) is 0 Å². The number of benzene rings is 2. The normalized spacial score (nSPS) is 14.0. The van der Waals surface area contributed by atoms with E-state index in [0.29, 0.717) is 6.61 Å². The van der Waals surface area contributed by atoms with Crippen LogP contribution in [0.1, 0.15) is 17.8 Å². The molecule has 1 aliphatic rings. The van der Waals surface area contributed by atoms with Crippen LogP contribution in [0.3, 0.4) is 0 Å². The number of methoxy groups -OCH3 is 1. The van der Waals surface area contributed by atoms with Crippen molar-refractivity contribution in [3.05, 3.63) is 71.1 Å². The van der Waals surface area contributed by atoms with E-state index in [-0.39, 0.29) is 0 Å². The standard InChI is InChI=1S/C20H18ClN3O/c1-25-11-10-24-19-5-3-2-4-17(19)23-20(24)15-12-18(22-13-15)14-6-8-16(21)9-7-14/h2-9,13H,10-12H2,1H3. The van der Waals surface area contributed by atoms with Gasteiger partial charge in [-0.05, 0) is 29.8 Å². The number of allylic oxidation sites excluding steroid dienone is 1. The molecule has 2 heterocycles. The van der Waals surface area contributed by atoms with Crippen molar-refractivity contribution in [2.45, 2.75) is 13.0 Å². The fourth-order valence-electron chi connectivity index (χ4n) is 3.11. The van der Waals surface area contributed by atoms with Gasteiger partial charge in [-0.3, -0.25) is 4.99 Å². The highest BCUT2D eigenvalue weighted by molar-refractivity contribution is 6.30. The van der Waals surface area contributed by atoms with Gasteiger partial charge < -0.3 is 9.30 Å². The SMILES string of the molecule is COCCn1c(C2=CN=C(c3ccc(Cl)cc3)C2)nc2ccccc21. The summed E-state index contributed by atoms with van der Waals surface area (Å²) in [7, 11) is 1.72. The Morgan fingerprint density at radius 1 is 1.12 bits per heavy atom. The molecule has 1 aromatic heterocycles. The maximum Gasteiger partial charge on any atom is 0.139 e. The Morgan fingerprint density at radius 2 is 1.92 bits per heavy atom. The molecule has 1 aliphatic heterocycles. The van der Waals surface area contributed by atoms with E-state index in [1.165, 1.54) is 0 Å². The van der Waals surface area contributed by atoms with Gasteiger partial charge >= 0.3 is 0 Å². The summed E-state index contributed by atoms with van der Waals surface area (Å²) in [6.07, 6.45) is 2.69. The molecule has 0 bridgehead atoms. The second-order valence-electron chi connectivity index (χ2n) is 5.98. The van der Waals surface area contributed by atoms with Gasteiger partial charge in [-0.2, -0.15) is 0 Å². The second kappa shape index (κ2) is 6.82. The van der Waals surface area contributed by atoms with E-state index in [1.807, 2.05) is 48.7 Å². The first-order valence-electron chi connectivity index (χ1n) is 8.22. The first-order chi connectivity index (χ1) is 12.3. The monoisotopic (exact) mass is 351 g/mol. The Balaban J connectivity index is 1.65. The van der Waals surface area contributed by atoms with Crippen molar-refractivity contribution >= 4 is 33.9 Å². The van der Waals surface area contributed by atoms with Gasteiger partial charge in [0, 0.05) is 36.9 Å². The number of hydrogen-bond donors (Lipinski definition) is 0. The van der Waals surface area contributed by atoms with Gasteiger partial charge in [0.2, 0.25) is 0 Å². The number of hydrogen-bond acceptors (Lipinski definition) is 3. The predicted molar refractivity (Wildman–Crippen MR) is 102 cm³/mol. The highest BCUT2D eigenvalue weighted by Crippen LogP contribution is 2.29. The Hall–Kier alpha value is -2.43. The highest BCUT2D eigenvalue weighted by Gasteiger charge is 2.20. The van der Waals surface area contributed by atoms with Gasteiger partial charge in [-0.25, -0.2) is 4.98 Å². The first-order valence-corrected chi connectivity index (χ1v) is 8.60. The van der Waals surface area contributed by atoms with Crippen molar-refractivity contribution in [1.29, 1.82) is 0 Å². The zero-order valence-corrected chi connectivity index (χ0v) is 14.7. The molecular weight excluding hydrogens is 334 g/mol. The summed E-state index contributed by atoms with van der Waals surface area (Å²) in [4.78, 5) is 9.45. The van der Waals surface area contributed by atoms with E-state index < -0.39 is 0 Å². The lowest BCUT2D eigenvalue weighted by atomic mass is 10.0. The molecule has 2 aromatic carbocycles. The molecule has 5 heteroatoms. The average molecular weight is 352 g/mol. The smallest absolute Gasteiger partial charge is 0.139 e. The summed E-state index contributed by atoms with van der Waals surface area (Å²) in [5, 5.41) is 0.733. The fourth-order valence-corrected chi connectivity index (χ4v) is 3.24. The molecule has 126 valence electrons. The minimum Gasteiger partial charge on any atom is -0.383 e. The average Bonchev–Trinajstić information content (AvgIpc) is 3.25. The van der Waals surface area contributed by atoms with E-state index in [9.17, 15) is 0 Å². The van der Waals surface area contributed by atoms with Crippen molar-refractivity contribution < 1.29 is 4.74 Å². The zero-order chi connectivity index (χ0) is 17.2. The van der Waals surface area contributed by atoms with Crippen LogP contribution in [0.5, 0.6) is 0 Å². The highest BCUT2D eigenvalue weighted by atomic mass is 35.5. The molecule has 3 aromatic rings. The minimum atomic E-state index is 0.644. The quantitative estimate of drug-likeness (QED) is 0.675. The maximum absolute atomic E-state index is 5.98. The van der Waals surface area contributed by atoms with E-state index in [1.54, 1.807) is 7.11 Å². The van der Waals surface area contributed by atoms with Crippen molar-refractivity contribution in [2.75, 3.05) is 13.7 Å². The zero-order valence-electron chi connectivity index (χ0n) is 13.9. The molecule has 0 amide bonds. The number of nitrogens with zero attached hydrogens (tertiary/aromatic N) is 3. The van der Waals surface area contributed by atoms with Crippen molar-refractivity contribution in [1.82, 2.24) is 9.55 Å². The molecule has 0 fully saturated rings. The summed E-state index contributed by atoms with van der Waals surface area (Å²) in [6, 6.07) is 16.0. The summed E-state index contributed by atoms with van der Waals surface area (Å²) in [6.45, 7) is 1.41. The molecule has 4 rings (SSSR count). The number of para-hydroxylation sites is 2. The number of halogens is 1. The molecule has 0 atom stereocenters. The van der Waals surface area contributed by atoms with E-state index >= 15 is 0 Å². The van der Waals surface area contributed by atoms with Crippen LogP contribution in [-0.2, 0) is 11.3 Å². The number of ether oxygens (including phenoxy) is 1. The molecular formula is C20H18ClN3O. The van der Waals surface area contributed by atoms with Crippen LogP contribution in [0.2, 0.25) is 5.02 Å². The summed E-state index contributed by atoms with van der Waals surface area (Å²) in [5.74, 6) is 0.964. The van der Waals surface area contributed by atoms with Crippen LogP contribution in [0, 0.1) is 0 Å². The molecule has 0 saturated heterocycles. The number of aliphatic imine (C=N–C) groups is 1. The third-order valence-electron chi connectivity index (χ3n) is 4.37. The Bertz CT molecular complexity index is 970. The van der Waals surface area contributed by atoms with Crippen LogP contribution in [-0.4, -0.2) is 29.0 Å². The van der Waals surface area contributed by atoms with Crippen LogP contribution in [0.15, 0.2) is 59.7 Å². The topological polar surface area (TPSA) is 39.4 Å². The van der Waals surface area contributed by atoms with Crippen molar-refractivity contribution in [3.8, 4) is 0 Å². The fraction of sp³-hybridized carbons (Fsp3) is 0.200. The number of imidazole rings is 1. The lowest BCUT2D eigenvalue weighted by Crippen LogP contribution is -2.08. The van der Waals surface area contributed by atoms with Crippen molar-refractivity contribution in [2.24, 2.45) is 4.99 Å². The molecule has 0 radical (unpaired) electrons. The Labute approximate surface area is 151 Å². The molecule has 0 N–H and O–H groups in total. The van der Waals surface area contributed by atoms with Crippen LogP contribution < -0.4 is 0 Å². The third-order valence-corrected chi connectivity index (χ3v) is 4.62. The number of aromatic nitrogens is 2. The summed E-state index contributed by atoms with van der Waals surface area (Å²) < 4.78 is 7.49. The lowest BCUT2D eigenvalue weighted by molar-refractivity contribution is 0.188. The van der Waals surface area contributed by atoms with Gasteiger partial charge in [0.1, 0.15) is 5.82 Å². The predicted octanol–water partition coefficient (Wildman–Crippen LogP) is 4.57. The minimum absolute atomic E-state index is 0.644. The molecule has 0 aliphatic carbocycles. The molecule has 0 unspecified atom stereocenters. The van der Waals surface area contributed by atoms with Gasteiger partial charge in [0.15, 0.2) is 0 Å². The van der Waals surface area contributed by atoms with E-state index in [4.69, 9.17) is 21.3 Å². The van der Waals surface area contributed by atoms with Crippen molar-refractivity contribution in [3.63, 3.8) is 0 Å². The van der Waals surface area contributed by atoms with E-state index in [0.717, 1.165) is 51.7 Å². The van der Waals surface area contributed by atoms with Gasteiger partial charge in [0.05, 0.1) is 23.4 Å². The van der Waals surface area contributed by atoms with Crippen LogP contribution in [0.25, 0.3) is 16.6 Å². The Kier molecular flexibility index (Phi) is 4.38. The van der Waals surface area contributed by atoms with Gasteiger partial charge in [-0.15, -0.1) is 0 Å². The number of rotatable bonds is 5. The van der Waals surface area contributed by atoms with Crippen LogP contribution >= 0.6 is 11.6 Å². The largest absolute Gasteiger partial charge is 0.383 e. The third kappa shape index (κ3) is 3.11. The molecule has 25 heavy (non-hydrogen) atoms. The van der Waals surface area contributed by atoms with E-state index in [2.05, 4.69) is 15.6 Å².